The number of nitrogens with zero attached hydrogens (tertiary/aromatic N) is 3. The standard InChI is InChI=1S/C18H16BrN5/c1-18(2,3)16-12(8-21)14(13-9-22-24-17(13)23-16)11-6-4-5-10(7-20)15(11)19/h4-6,9,14H,1-3H3,(H2,22,23,24). The van der Waals surface area contributed by atoms with E-state index in [4.69, 9.17) is 0 Å². The lowest BCUT2D eigenvalue weighted by Crippen LogP contribution is -2.26. The van der Waals surface area contributed by atoms with E-state index < -0.39 is 0 Å². The molecule has 1 aliphatic heterocycles. The Morgan fingerprint density at radius 1 is 1.17 bits per heavy atom. The van der Waals surface area contributed by atoms with E-state index in [0.29, 0.717) is 15.6 Å². The zero-order valence-corrected chi connectivity index (χ0v) is 15.2. The van der Waals surface area contributed by atoms with Gasteiger partial charge in [-0.3, -0.25) is 5.10 Å². The summed E-state index contributed by atoms with van der Waals surface area (Å²) in [6.07, 6.45) is 1.80. The summed E-state index contributed by atoms with van der Waals surface area (Å²) in [5, 5.41) is 29.6. The molecule has 120 valence electrons. The zero-order chi connectivity index (χ0) is 17.5. The molecule has 1 aromatic carbocycles. The molecule has 2 heterocycles. The van der Waals surface area contributed by atoms with Gasteiger partial charge in [-0.25, -0.2) is 0 Å². The van der Waals surface area contributed by atoms with Crippen LogP contribution in [-0.2, 0) is 0 Å². The van der Waals surface area contributed by atoms with Crippen molar-refractivity contribution < 1.29 is 0 Å². The van der Waals surface area contributed by atoms with Crippen molar-refractivity contribution in [1.82, 2.24) is 10.2 Å². The highest BCUT2D eigenvalue weighted by Crippen LogP contribution is 2.46. The Morgan fingerprint density at radius 2 is 1.92 bits per heavy atom. The third-order valence-corrected chi connectivity index (χ3v) is 5.00. The third kappa shape index (κ3) is 2.50. The molecule has 0 spiro atoms. The van der Waals surface area contributed by atoms with Crippen LogP contribution in [0.1, 0.15) is 43.4 Å². The Morgan fingerprint density at radius 3 is 2.54 bits per heavy atom. The average Bonchev–Trinajstić information content (AvgIpc) is 3.01. The molecule has 24 heavy (non-hydrogen) atoms. The fraction of sp³-hybridized carbons (Fsp3) is 0.278. The highest BCUT2D eigenvalue weighted by molar-refractivity contribution is 9.10. The first-order valence-corrected chi connectivity index (χ1v) is 8.31. The molecule has 1 aromatic heterocycles. The molecule has 2 aromatic rings. The summed E-state index contributed by atoms with van der Waals surface area (Å²) < 4.78 is 0.715. The third-order valence-electron chi connectivity index (χ3n) is 4.11. The second kappa shape index (κ2) is 5.81. The minimum Gasteiger partial charge on any atom is -0.341 e. The summed E-state index contributed by atoms with van der Waals surface area (Å²) in [7, 11) is 0. The van der Waals surface area contributed by atoms with Crippen LogP contribution in [-0.4, -0.2) is 10.2 Å². The summed E-state index contributed by atoms with van der Waals surface area (Å²) in [5.74, 6) is 0.445. The Balaban J connectivity index is 2.31. The average molecular weight is 382 g/mol. The van der Waals surface area contributed by atoms with E-state index in [1.165, 1.54) is 0 Å². The maximum absolute atomic E-state index is 9.88. The van der Waals surface area contributed by atoms with Crippen molar-refractivity contribution in [1.29, 1.82) is 10.5 Å². The molecule has 0 fully saturated rings. The van der Waals surface area contributed by atoms with E-state index >= 15 is 0 Å². The highest BCUT2D eigenvalue weighted by atomic mass is 79.9. The van der Waals surface area contributed by atoms with Gasteiger partial charge in [-0.1, -0.05) is 32.9 Å². The molecule has 1 aliphatic rings. The molecular weight excluding hydrogens is 366 g/mol. The van der Waals surface area contributed by atoms with Gasteiger partial charge in [0.05, 0.1) is 23.1 Å². The highest BCUT2D eigenvalue weighted by Gasteiger charge is 2.36. The van der Waals surface area contributed by atoms with Crippen molar-refractivity contribution in [2.45, 2.75) is 26.7 Å². The summed E-state index contributed by atoms with van der Waals surface area (Å²) in [6, 6.07) is 10.1. The molecule has 0 saturated heterocycles. The smallest absolute Gasteiger partial charge is 0.156 e. The number of benzene rings is 1. The number of nitrogens with one attached hydrogen (secondary N) is 2. The number of fused-ring (bicyclic) bond motifs is 1. The van der Waals surface area contributed by atoms with Crippen LogP contribution >= 0.6 is 15.9 Å². The van der Waals surface area contributed by atoms with E-state index in [0.717, 1.165) is 22.6 Å². The van der Waals surface area contributed by atoms with Crippen LogP contribution < -0.4 is 5.32 Å². The fourth-order valence-electron chi connectivity index (χ4n) is 3.00. The summed E-state index contributed by atoms with van der Waals surface area (Å²) in [5.41, 5.74) is 3.59. The largest absolute Gasteiger partial charge is 0.341 e. The predicted octanol–water partition coefficient (Wildman–Crippen LogP) is 4.43. The first kappa shape index (κ1) is 16.3. The van der Waals surface area contributed by atoms with Gasteiger partial charge in [0.15, 0.2) is 5.82 Å². The van der Waals surface area contributed by atoms with Gasteiger partial charge in [-0.05, 0) is 27.6 Å². The van der Waals surface area contributed by atoms with Crippen LogP contribution in [0.4, 0.5) is 5.82 Å². The number of aromatic nitrogens is 2. The van der Waals surface area contributed by atoms with Gasteiger partial charge in [0.1, 0.15) is 6.07 Å². The quantitative estimate of drug-likeness (QED) is 0.764. The minimum absolute atomic E-state index is 0.237. The van der Waals surface area contributed by atoms with E-state index in [1.54, 1.807) is 12.3 Å². The SMILES string of the molecule is CC(C)(C)C1=C(C#N)C(c2cccc(C#N)c2Br)c2c[nH]nc2N1. The minimum atomic E-state index is -0.276. The van der Waals surface area contributed by atoms with Crippen molar-refractivity contribution in [2.75, 3.05) is 5.32 Å². The molecule has 0 amide bonds. The van der Waals surface area contributed by atoms with Crippen molar-refractivity contribution >= 4 is 21.7 Å². The Labute approximate surface area is 149 Å². The van der Waals surface area contributed by atoms with Crippen LogP contribution in [0.25, 0.3) is 0 Å². The van der Waals surface area contributed by atoms with Gasteiger partial charge in [-0.15, -0.1) is 0 Å². The first-order valence-electron chi connectivity index (χ1n) is 7.52. The summed E-state index contributed by atoms with van der Waals surface area (Å²) in [6.45, 7) is 6.17. The van der Waals surface area contributed by atoms with Crippen molar-refractivity contribution in [2.24, 2.45) is 5.41 Å². The number of allylic oxidation sites excluding steroid dienone is 2. The van der Waals surface area contributed by atoms with Crippen LogP contribution in [0, 0.1) is 28.1 Å². The predicted molar refractivity (Wildman–Crippen MR) is 95.0 cm³/mol. The molecule has 0 saturated carbocycles. The number of H-pyrrole nitrogens is 1. The maximum Gasteiger partial charge on any atom is 0.156 e. The van der Waals surface area contributed by atoms with Gasteiger partial charge >= 0.3 is 0 Å². The lowest BCUT2D eigenvalue weighted by atomic mass is 9.77. The molecule has 0 bridgehead atoms. The van der Waals surface area contributed by atoms with Crippen molar-refractivity contribution in [3.8, 4) is 12.1 Å². The molecule has 0 aliphatic carbocycles. The number of anilines is 1. The maximum atomic E-state index is 9.88. The van der Waals surface area contributed by atoms with Crippen LogP contribution in [0.15, 0.2) is 40.1 Å². The van der Waals surface area contributed by atoms with Crippen LogP contribution in [0.2, 0.25) is 0 Å². The molecule has 1 unspecified atom stereocenters. The second-order valence-electron chi connectivity index (χ2n) is 6.72. The van der Waals surface area contributed by atoms with Gasteiger partial charge < -0.3 is 5.32 Å². The van der Waals surface area contributed by atoms with E-state index in [2.05, 4.69) is 64.4 Å². The van der Waals surface area contributed by atoms with Gasteiger partial charge in [0.25, 0.3) is 0 Å². The summed E-state index contributed by atoms with van der Waals surface area (Å²) >= 11 is 3.54. The molecule has 2 N–H and O–H groups in total. The number of hydrogen-bond donors (Lipinski definition) is 2. The van der Waals surface area contributed by atoms with Gasteiger partial charge in [-0.2, -0.15) is 15.6 Å². The Hall–Kier alpha value is -2.57. The number of halogens is 1. The fourth-order valence-corrected chi connectivity index (χ4v) is 3.58. The molecule has 5 nitrogen and oxygen atoms in total. The number of aromatic amines is 1. The van der Waals surface area contributed by atoms with Crippen molar-refractivity contribution in [3.05, 3.63) is 56.8 Å². The number of rotatable bonds is 1. The number of nitriles is 2. The Bertz CT molecular complexity index is 918. The zero-order valence-electron chi connectivity index (χ0n) is 13.6. The molecule has 1 atom stereocenters. The van der Waals surface area contributed by atoms with Crippen LogP contribution in [0.3, 0.4) is 0 Å². The van der Waals surface area contributed by atoms with Gasteiger partial charge in [0, 0.05) is 27.3 Å². The molecule has 3 rings (SSSR count). The van der Waals surface area contributed by atoms with Crippen molar-refractivity contribution in [3.63, 3.8) is 0 Å². The summed E-state index contributed by atoms with van der Waals surface area (Å²) in [4.78, 5) is 0. The van der Waals surface area contributed by atoms with Crippen LogP contribution in [0.5, 0.6) is 0 Å². The van der Waals surface area contributed by atoms with E-state index in [-0.39, 0.29) is 11.3 Å². The molecule has 0 radical (unpaired) electrons. The van der Waals surface area contributed by atoms with E-state index in [9.17, 15) is 10.5 Å². The normalized spacial score (nSPS) is 16.8. The van der Waals surface area contributed by atoms with Gasteiger partial charge in [0.2, 0.25) is 0 Å². The first-order chi connectivity index (χ1) is 11.4. The lowest BCUT2D eigenvalue weighted by Gasteiger charge is -2.33. The second-order valence-corrected chi connectivity index (χ2v) is 7.51. The molecule has 6 heteroatoms. The number of hydrogen-bond acceptors (Lipinski definition) is 4. The topological polar surface area (TPSA) is 88.3 Å². The lowest BCUT2D eigenvalue weighted by molar-refractivity contribution is 0.498. The Kier molecular flexibility index (Phi) is 3.95. The molecular formula is C18H16BrN5. The van der Waals surface area contributed by atoms with E-state index in [1.807, 2.05) is 12.1 Å². The monoisotopic (exact) mass is 381 g/mol.